The third-order valence-electron chi connectivity index (χ3n) is 4.57. The number of hydrogen-bond acceptors (Lipinski definition) is 4. The van der Waals surface area contributed by atoms with Crippen LogP contribution >= 0.6 is 22.9 Å². The zero-order valence-electron chi connectivity index (χ0n) is 16.4. The first-order chi connectivity index (χ1) is 14.4. The summed E-state index contributed by atoms with van der Waals surface area (Å²) in [5.74, 6) is -0.328. The zero-order valence-corrected chi connectivity index (χ0v) is 18.0. The van der Waals surface area contributed by atoms with Gasteiger partial charge in [-0.25, -0.2) is 0 Å². The van der Waals surface area contributed by atoms with Crippen molar-refractivity contribution in [3.63, 3.8) is 0 Å². The molecule has 6 nitrogen and oxygen atoms in total. The summed E-state index contributed by atoms with van der Waals surface area (Å²) in [6.07, 6.45) is 0. The standard InChI is InChI=1S/C22H19ClN4O2S/c1-13-18-11-20(21(29)25-17-9-7-16(8-10-17)24-14(2)28)30-22(18)27(26-13)12-15-5-3-4-6-19(15)23/h3-11H,12H2,1-2H3,(H,24,28)(H,25,29). The SMILES string of the molecule is CC(=O)Nc1ccc(NC(=O)c2cc3c(C)nn(Cc4ccccc4Cl)c3s2)cc1. The Morgan fingerprint density at radius 1 is 1.07 bits per heavy atom. The quantitative estimate of drug-likeness (QED) is 0.442. The lowest BCUT2D eigenvalue weighted by Crippen LogP contribution is -2.10. The zero-order chi connectivity index (χ0) is 21.3. The van der Waals surface area contributed by atoms with Crippen molar-refractivity contribution >= 4 is 56.3 Å². The summed E-state index contributed by atoms with van der Waals surface area (Å²) in [6.45, 7) is 3.92. The molecule has 0 unspecified atom stereocenters. The van der Waals surface area contributed by atoms with Crippen LogP contribution in [0, 0.1) is 6.92 Å². The highest BCUT2D eigenvalue weighted by Crippen LogP contribution is 2.30. The molecule has 30 heavy (non-hydrogen) atoms. The van der Waals surface area contributed by atoms with Gasteiger partial charge < -0.3 is 10.6 Å². The van der Waals surface area contributed by atoms with E-state index in [9.17, 15) is 9.59 Å². The summed E-state index contributed by atoms with van der Waals surface area (Å²) in [5.41, 5.74) is 3.17. The fourth-order valence-corrected chi connectivity index (χ4v) is 4.40. The topological polar surface area (TPSA) is 76.0 Å². The summed E-state index contributed by atoms with van der Waals surface area (Å²) >= 11 is 7.69. The molecular weight excluding hydrogens is 420 g/mol. The number of rotatable bonds is 5. The van der Waals surface area contributed by atoms with Crippen molar-refractivity contribution in [1.82, 2.24) is 9.78 Å². The van der Waals surface area contributed by atoms with E-state index < -0.39 is 0 Å². The Morgan fingerprint density at radius 2 is 1.73 bits per heavy atom. The van der Waals surface area contributed by atoms with Crippen LogP contribution in [-0.4, -0.2) is 21.6 Å². The average Bonchev–Trinajstić information content (AvgIpc) is 3.26. The maximum atomic E-state index is 12.8. The number of fused-ring (bicyclic) bond motifs is 1. The van der Waals surface area contributed by atoms with Gasteiger partial charge in [-0.05, 0) is 48.9 Å². The van der Waals surface area contributed by atoms with Crippen LogP contribution < -0.4 is 10.6 Å². The smallest absolute Gasteiger partial charge is 0.265 e. The number of anilines is 2. The van der Waals surface area contributed by atoms with Gasteiger partial charge in [0.15, 0.2) is 0 Å². The molecule has 0 atom stereocenters. The van der Waals surface area contributed by atoms with Gasteiger partial charge in [-0.1, -0.05) is 29.8 Å². The van der Waals surface area contributed by atoms with Crippen LogP contribution in [0.4, 0.5) is 11.4 Å². The largest absolute Gasteiger partial charge is 0.326 e. The van der Waals surface area contributed by atoms with Crippen LogP contribution in [0.25, 0.3) is 10.2 Å². The van der Waals surface area contributed by atoms with Crippen LogP contribution in [0.5, 0.6) is 0 Å². The average molecular weight is 439 g/mol. The Labute approximate surface area is 182 Å². The molecule has 0 aliphatic carbocycles. The van der Waals surface area contributed by atoms with Gasteiger partial charge in [-0.3, -0.25) is 14.3 Å². The minimum Gasteiger partial charge on any atom is -0.326 e. The number of hydrogen-bond donors (Lipinski definition) is 2. The molecule has 0 spiro atoms. The number of aryl methyl sites for hydroxylation is 1. The first kappa shape index (κ1) is 20.1. The maximum absolute atomic E-state index is 12.8. The van der Waals surface area contributed by atoms with E-state index in [1.165, 1.54) is 18.3 Å². The monoisotopic (exact) mass is 438 g/mol. The molecule has 2 aromatic carbocycles. The first-order valence-corrected chi connectivity index (χ1v) is 10.5. The number of carbonyl (C=O) groups is 2. The fourth-order valence-electron chi connectivity index (χ4n) is 3.15. The second-order valence-corrected chi connectivity index (χ2v) is 8.31. The predicted molar refractivity (Wildman–Crippen MR) is 122 cm³/mol. The molecule has 2 amide bonds. The molecule has 0 aliphatic rings. The molecule has 4 aromatic rings. The van der Waals surface area contributed by atoms with E-state index in [1.807, 2.05) is 41.9 Å². The molecule has 0 fully saturated rings. The van der Waals surface area contributed by atoms with Crippen molar-refractivity contribution in [3.05, 3.63) is 75.8 Å². The van der Waals surface area contributed by atoms with Gasteiger partial charge in [0.1, 0.15) is 4.83 Å². The molecule has 8 heteroatoms. The van der Waals surface area contributed by atoms with Crippen LogP contribution in [-0.2, 0) is 11.3 Å². The van der Waals surface area contributed by atoms with E-state index >= 15 is 0 Å². The third-order valence-corrected chi connectivity index (χ3v) is 6.09. The Bertz CT molecular complexity index is 1240. The second kappa shape index (κ2) is 8.30. The van der Waals surface area contributed by atoms with Crippen molar-refractivity contribution in [2.75, 3.05) is 10.6 Å². The van der Waals surface area contributed by atoms with Gasteiger partial charge >= 0.3 is 0 Å². The summed E-state index contributed by atoms with van der Waals surface area (Å²) in [5, 5.41) is 11.8. The van der Waals surface area contributed by atoms with Crippen LogP contribution in [0.2, 0.25) is 5.02 Å². The Kier molecular flexibility index (Phi) is 5.57. The molecule has 0 saturated heterocycles. The van der Waals surface area contributed by atoms with Crippen LogP contribution in [0.1, 0.15) is 27.9 Å². The lowest BCUT2D eigenvalue weighted by Gasteiger charge is -2.06. The summed E-state index contributed by atoms with van der Waals surface area (Å²) in [7, 11) is 0. The van der Waals surface area contributed by atoms with E-state index in [1.54, 1.807) is 24.3 Å². The molecule has 0 bridgehead atoms. The van der Waals surface area contributed by atoms with Gasteiger partial charge in [0.25, 0.3) is 5.91 Å². The van der Waals surface area contributed by atoms with Gasteiger partial charge in [-0.15, -0.1) is 11.3 Å². The highest BCUT2D eigenvalue weighted by atomic mass is 35.5. The molecule has 0 radical (unpaired) electrons. The minimum atomic E-state index is -0.188. The summed E-state index contributed by atoms with van der Waals surface area (Å²) in [6, 6.07) is 16.5. The summed E-state index contributed by atoms with van der Waals surface area (Å²) in [4.78, 5) is 25.4. The van der Waals surface area contributed by atoms with Crippen LogP contribution in [0.3, 0.4) is 0 Å². The molecule has 4 rings (SSSR count). The number of thiophene rings is 1. The molecule has 2 N–H and O–H groups in total. The van der Waals surface area contributed by atoms with Crippen molar-refractivity contribution < 1.29 is 9.59 Å². The highest BCUT2D eigenvalue weighted by Gasteiger charge is 2.17. The number of amides is 2. The van der Waals surface area contributed by atoms with E-state index in [0.717, 1.165) is 21.5 Å². The van der Waals surface area contributed by atoms with E-state index in [4.69, 9.17) is 11.6 Å². The number of halogens is 1. The number of carbonyl (C=O) groups excluding carboxylic acids is 2. The predicted octanol–water partition coefficient (Wildman–Crippen LogP) is 5.32. The minimum absolute atomic E-state index is 0.140. The number of nitrogens with one attached hydrogen (secondary N) is 2. The Morgan fingerprint density at radius 3 is 2.40 bits per heavy atom. The molecule has 152 valence electrons. The number of benzene rings is 2. The normalized spacial score (nSPS) is 10.9. The highest BCUT2D eigenvalue weighted by molar-refractivity contribution is 7.20. The van der Waals surface area contributed by atoms with Crippen LogP contribution in [0.15, 0.2) is 54.6 Å². The number of aromatic nitrogens is 2. The molecule has 0 aliphatic heterocycles. The molecule has 0 saturated carbocycles. The maximum Gasteiger partial charge on any atom is 0.265 e. The second-order valence-electron chi connectivity index (χ2n) is 6.88. The first-order valence-electron chi connectivity index (χ1n) is 9.30. The van der Waals surface area contributed by atoms with Gasteiger partial charge in [0.05, 0.1) is 17.1 Å². The van der Waals surface area contributed by atoms with Crippen molar-refractivity contribution in [2.45, 2.75) is 20.4 Å². The Hall–Kier alpha value is -3.16. The third kappa shape index (κ3) is 4.22. The van der Waals surface area contributed by atoms with Crippen molar-refractivity contribution in [1.29, 1.82) is 0 Å². The van der Waals surface area contributed by atoms with E-state index in [-0.39, 0.29) is 11.8 Å². The molecular formula is C22H19ClN4O2S. The summed E-state index contributed by atoms with van der Waals surface area (Å²) < 4.78 is 1.88. The van der Waals surface area contributed by atoms with E-state index in [2.05, 4.69) is 15.7 Å². The van der Waals surface area contributed by atoms with Gasteiger partial charge in [-0.2, -0.15) is 5.10 Å². The molecule has 2 heterocycles. The van der Waals surface area contributed by atoms with Crippen molar-refractivity contribution in [2.24, 2.45) is 0 Å². The lowest BCUT2D eigenvalue weighted by molar-refractivity contribution is -0.114. The number of nitrogens with zero attached hydrogens (tertiary/aromatic N) is 2. The lowest BCUT2D eigenvalue weighted by atomic mass is 10.2. The Balaban J connectivity index is 1.55. The fraction of sp³-hybridized carbons (Fsp3) is 0.136. The van der Waals surface area contributed by atoms with Gasteiger partial charge in [0.2, 0.25) is 5.91 Å². The molecule has 2 aromatic heterocycles. The van der Waals surface area contributed by atoms with Crippen molar-refractivity contribution in [3.8, 4) is 0 Å². The van der Waals surface area contributed by atoms with Gasteiger partial charge in [0, 0.05) is 28.7 Å². The van der Waals surface area contributed by atoms with E-state index in [0.29, 0.717) is 27.8 Å².